The quantitative estimate of drug-likeness (QED) is 0.847. The normalized spacial score (nSPS) is 23.0. The van der Waals surface area contributed by atoms with Crippen molar-refractivity contribution in [2.24, 2.45) is 0 Å². The summed E-state index contributed by atoms with van der Waals surface area (Å²) in [7, 11) is 1.88. The summed E-state index contributed by atoms with van der Waals surface area (Å²) >= 11 is 0. The zero-order valence-corrected chi connectivity index (χ0v) is 17.0. The van der Waals surface area contributed by atoms with E-state index in [1.54, 1.807) is 0 Å². The lowest BCUT2D eigenvalue weighted by molar-refractivity contribution is -0.140. The number of aliphatic hydroxyl groups is 1. The Morgan fingerprint density at radius 1 is 1.17 bits per heavy atom. The van der Waals surface area contributed by atoms with Crippen LogP contribution >= 0.6 is 0 Å². The minimum Gasteiger partial charge on any atom is -0.480 e. The van der Waals surface area contributed by atoms with Crippen LogP contribution in [-0.4, -0.2) is 59.7 Å². The van der Waals surface area contributed by atoms with E-state index in [2.05, 4.69) is 23.1 Å². The van der Waals surface area contributed by atoms with Crippen LogP contribution in [0.1, 0.15) is 36.4 Å². The number of fused-ring (bicyclic) bond motifs is 1. The number of rotatable bonds is 5. The molecule has 154 valence electrons. The third-order valence-corrected chi connectivity index (χ3v) is 6.11. The van der Waals surface area contributed by atoms with Gasteiger partial charge in [-0.25, -0.2) is 0 Å². The van der Waals surface area contributed by atoms with Gasteiger partial charge in [0.05, 0.1) is 12.1 Å². The van der Waals surface area contributed by atoms with E-state index in [9.17, 15) is 9.90 Å². The third kappa shape index (κ3) is 4.62. The van der Waals surface area contributed by atoms with Gasteiger partial charge in [-0.05, 0) is 42.9 Å². The Morgan fingerprint density at radius 2 is 1.93 bits per heavy atom. The van der Waals surface area contributed by atoms with Gasteiger partial charge in [-0.1, -0.05) is 48.5 Å². The van der Waals surface area contributed by atoms with Gasteiger partial charge in [0.25, 0.3) is 5.91 Å². The van der Waals surface area contributed by atoms with E-state index in [4.69, 9.17) is 4.74 Å². The molecular formula is C24H30N2O3. The monoisotopic (exact) mass is 394 g/mol. The summed E-state index contributed by atoms with van der Waals surface area (Å²) in [5.74, 6) is 0.853. The van der Waals surface area contributed by atoms with Crippen LogP contribution < -0.4 is 4.74 Å². The Kier molecular flexibility index (Phi) is 6.16. The molecule has 1 unspecified atom stereocenters. The van der Waals surface area contributed by atoms with Crippen molar-refractivity contribution in [3.8, 4) is 5.75 Å². The summed E-state index contributed by atoms with van der Waals surface area (Å²) in [5, 5.41) is 9.92. The van der Waals surface area contributed by atoms with Crippen molar-refractivity contribution in [2.75, 3.05) is 26.7 Å². The van der Waals surface area contributed by atoms with E-state index < -0.39 is 6.10 Å². The van der Waals surface area contributed by atoms with Crippen LogP contribution in [0.15, 0.2) is 54.6 Å². The second kappa shape index (κ2) is 8.97. The Hall–Kier alpha value is -2.37. The van der Waals surface area contributed by atoms with Crippen LogP contribution in [0.4, 0.5) is 0 Å². The maximum Gasteiger partial charge on any atom is 0.263 e. The van der Waals surface area contributed by atoms with Crippen LogP contribution in [0.5, 0.6) is 5.75 Å². The van der Waals surface area contributed by atoms with Gasteiger partial charge in [0, 0.05) is 26.7 Å². The summed E-state index contributed by atoms with van der Waals surface area (Å²) in [6.45, 7) is 2.24. The molecule has 2 aliphatic heterocycles. The van der Waals surface area contributed by atoms with Gasteiger partial charge in [0.2, 0.25) is 0 Å². The highest BCUT2D eigenvalue weighted by atomic mass is 16.5. The SMILES string of the molecule is CN(C(=O)C1CCCc2ccccc2O1)[C@H](CN1CC[C@H](O)C1)c1ccccc1. The number of amides is 1. The number of likely N-dealkylation sites (N-methyl/N-ethyl adjacent to an activating group) is 1. The van der Waals surface area contributed by atoms with Crippen LogP contribution in [0, 0.1) is 0 Å². The van der Waals surface area contributed by atoms with E-state index in [0.29, 0.717) is 13.1 Å². The molecule has 0 radical (unpaired) electrons. The first-order chi connectivity index (χ1) is 14.1. The molecule has 0 saturated carbocycles. The predicted octanol–water partition coefficient (Wildman–Crippen LogP) is 3.04. The standard InChI is InChI=1S/C24H30N2O3/c1-25(24(28)23-13-7-11-19-10-5-6-12-22(19)29-23)21(18-8-3-2-4-9-18)17-26-15-14-20(27)16-26/h2-6,8-10,12,20-21,23,27H,7,11,13-17H2,1H3/t20-,21+,23?/m0/s1. The molecule has 2 heterocycles. The Balaban J connectivity index is 1.53. The second-order valence-corrected chi connectivity index (χ2v) is 8.18. The number of β-amino-alcohol motifs (C(OH)–C–C–N with tert-alkyl or cyclic N) is 1. The molecule has 0 bridgehead atoms. The molecule has 0 aliphatic carbocycles. The van der Waals surface area contributed by atoms with Crippen molar-refractivity contribution in [2.45, 2.75) is 43.9 Å². The fourth-order valence-corrected chi connectivity index (χ4v) is 4.42. The number of benzene rings is 2. The number of carbonyl (C=O) groups excluding carboxylic acids is 1. The summed E-state index contributed by atoms with van der Waals surface area (Å²) in [4.78, 5) is 17.5. The highest BCUT2D eigenvalue weighted by molar-refractivity contribution is 5.81. The largest absolute Gasteiger partial charge is 0.480 e. The summed E-state index contributed by atoms with van der Waals surface area (Å²) in [6.07, 6.45) is 2.67. The van der Waals surface area contributed by atoms with Crippen LogP contribution in [-0.2, 0) is 11.2 Å². The Labute approximate surface area is 172 Å². The Bertz CT molecular complexity index is 826. The number of likely N-dealkylation sites (tertiary alicyclic amines) is 1. The molecule has 3 atom stereocenters. The zero-order chi connectivity index (χ0) is 20.2. The molecule has 0 aromatic heterocycles. The molecule has 1 amide bonds. The molecule has 1 N–H and O–H groups in total. The first-order valence-corrected chi connectivity index (χ1v) is 10.6. The van der Waals surface area contributed by atoms with E-state index in [-0.39, 0.29) is 18.1 Å². The lowest BCUT2D eigenvalue weighted by Gasteiger charge is -2.34. The number of para-hydroxylation sites is 1. The molecule has 1 saturated heterocycles. The molecule has 5 nitrogen and oxygen atoms in total. The summed E-state index contributed by atoms with van der Waals surface area (Å²) < 4.78 is 6.17. The lowest BCUT2D eigenvalue weighted by atomic mass is 10.0. The topological polar surface area (TPSA) is 53.0 Å². The maximum atomic E-state index is 13.4. The highest BCUT2D eigenvalue weighted by Crippen LogP contribution is 2.29. The van der Waals surface area contributed by atoms with Gasteiger partial charge in [-0.2, -0.15) is 0 Å². The number of aryl methyl sites for hydroxylation is 1. The average Bonchev–Trinajstić information content (AvgIpc) is 3.04. The number of hydrogen-bond donors (Lipinski definition) is 1. The van der Waals surface area contributed by atoms with E-state index in [0.717, 1.165) is 43.5 Å². The van der Waals surface area contributed by atoms with E-state index in [1.807, 2.05) is 48.3 Å². The van der Waals surface area contributed by atoms with Gasteiger partial charge in [0.15, 0.2) is 6.10 Å². The lowest BCUT2D eigenvalue weighted by Crippen LogP contribution is -2.45. The summed E-state index contributed by atoms with van der Waals surface area (Å²) in [6, 6.07) is 18.1. The molecule has 29 heavy (non-hydrogen) atoms. The molecule has 4 rings (SSSR count). The maximum absolute atomic E-state index is 13.4. The molecular weight excluding hydrogens is 364 g/mol. The van der Waals surface area contributed by atoms with Crippen molar-refractivity contribution in [1.82, 2.24) is 9.80 Å². The first kappa shape index (κ1) is 19.9. The third-order valence-electron chi connectivity index (χ3n) is 6.11. The van der Waals surface area contributed by atoms with E-state index in [1.165, 1.54) is 5.56 Å². The van der Waals surface area contributed by atoms with Crippen molar-refractivity contribution in [3.63, 3.8) is 0 Å². The van der Waals surface area contributed by atoms with Crippen LogP contribution in [0.25, 0.3) is 0 Å². The number of carbonyl (C=O) groups is 1. The number of aliphatic hydroxyl groups excluding tert-OH is 1. The molecule has 0 spiro atoms. The average molecular weight is 395 g/mol. The van der Waals surface area contributed by atoms with Gasteiger partial charge in [0.1, 0.15) is 5.75 Å². The van der Waals surface area contributed by atoms with Crippen molar-refractivity contribution >= 4 is 5.91 Å². The van der Waals surface area contributed by atoms with Crippen molar-refractivity contribution < 1.29 is 14.6 Å². The van der Waals surface area contributed by atoms with Gasteiger partial charge in [-0.3, -0.25) is 9.69 Å². The minimum atomic E-state index is -0.459. The molecule has 2 aromatic rings. The molecule has 5 heteroatoms. The fourth-order valence-electron chi connectivity index (χ4n) is 4.42. The molecule has 1 fully saturated rings. The zero-order valence-electron chi connectivity index (χ0n) is 17.0. The second-order valence-electron chi connectivity index (χ2n) is 8.18. The van der Waals surface area contributed by atoms with Crippen molar-refractivity contribution in [1.29, 1.82) is 0 Å². The van der Waals surface area contributed by atoms with Crippen LogP contribution in [0.3, 0.4) is 0 Å². The smallest absolute Gasteiger partial charge is 0.263 e. The predicted molar refractivity (Wildman–Crippen MR) is 113 cm³/mol. The van der Waals surface area contributed by atoms with Gasteiger partial charge in [-0.15, -0.1) is 0 Å². The highest BCUT2D eigenvalue weighted by Gasteiger charge is 2.33. The molecule has 2 aliphatic rings. The minimum absolute atomic E-state index is 0.0234. The van der Waals surface area contributed by atoms with Gasteiger partial charge >= 0.3 is 0 Å². The molecule has 2 aromatic carbocycles. The number of ether oxygens (including phenoxy) is 1. The van der Waals surface area contributed by atoms with Gasteiger partial charge < -0.3 is 14.7 Å². The van der Waals surface area contributed by atoms with Crippen LogP contribution in [0.2, 0.25) is 0 Å². The fraction of sp³-hybridized carbons (Fsp3) is 0.458. The first-order valence-electron chi connectivity index (χ1n) is 10.6. The Morgan fingerprint density at radius 3 is 2.69 bits per heavy atom. The van der Waals surface area contributed by atoms with Crippen molar-refractivity contribution in [3.05, 3.63) is 65.7 Å². The summed E-state index contributed by atoms with van der Waals surface area (Å²) in [5.41, 5.74) is 2.29. The number of nitrogens with zero attached hydrogens (tertiary/aromatic N) is 2. The number of hydrogen-bond acceptors (Lipinski definition) is 4. The van der Waals surface area contributed by atoms with E-state index >= 15 is 0 Å².